The Hall–Kier alpha value is -2.08. The third-order valence-corrected chi connectivity index (χ3v) is 2.90. The normalized spacial score (nSPS) is 11.8. The van der Waals surface area contributed by atoms with Gasteiger partial charge in [-0.15, -0.1) is 6.58 Å². The summed E-state index contributed by atoms with van der Waals surface area (Å²) >= 11 is 0. The van der Waals surface area contributed by atoms with Gasteiger partial charge in [0.1, 0.15) is 0 Å². The van der Waals surface area contributed by atoms with Crippen LogP contribution in [0.15, 0.2) is 73.8 Å². The molecule has 1 atom stereocenters. The van der Waals surface area contributed by atoms with Gasteiger partial charge in [-0.1, -0.05) is 73.3 Å². The predicted octanol–water partition coefficient (Wildman–Crippen LogP) is 4.65. The molecule has 2 aromatic rings. The van der Waals surface area contributed by atoms with Crippen LogP contribution < -0.4 is 0 Å². The zero-order valence-electron chi connectivity index (χ0n) is 9.84. The Morgan fingerprint density at radius 3 is 2.18 bits per heavy atom. The molecule has 0 fully saturated rings. The van der Waals surface area contributed by atoms with E-state index in [1.54, 1.807) is 0 Å². The minimum absolute atomic E-state index is 0.246. The van der Waals surface area contributed by atoms with Gasteiger partial charge in [0.25, 0.3) is 0 Å². The van der Waals surface area contributed by atoms with Crippen LogP contribution in [0.1, 0.15) is 22.6 Å². The van der Waals surface area contributed by atoms with Crippen molar-refractivity contribution in [2.75, 3.05) is 0 Å². The largest absolute Gasteiger partial charge is 0.102 e. The first-order chi connectivity index (χ1) is 8.35. The van der Waals surface area contributed by atoms with E-state index < -0.39 is 0 Å². The lowest BCUT2D eigenvalue weighted by atomic mass is 9.90. The molecule has 0 spiro atoms. The zero-order chi connectivity index (χ0) is 12.1. The Kier molecular flexibility index (Phi) is 3.56. The van der Waals surface area contributed by atoms with Gasteiger partial charge in [-0.25, -0.2) is 0 Å². The molecule has 2 rings (SSSR count). The lowest BCUT2D eigenvalue weighted by Gasteiger charge is -2.14. The number of benzene rings is 2. The number of rotatable bonds is 4. The van der Waals surface area contributed by atoms with Crippen LogP contribution in [-0.2, 0) is 0 Å². The van der Waals surface area contributed by atoms with Crippen molar-refractivity contribution < 1.29 is 0 Å². The van der Waals surface area contributed by atoms with E-state index in [0.717, 1.165) is 5.56 Å². The molecule has 0 heterocycles. The van der Waals surface area contributed by atoms with E-state index in [0.29, 0.717) is 0 Å². The molecule has 84 valence electrons. The van der Waals surface area contributed by atoms with Gasteiger partial charge >= 0.3 is 0 Å². The number of hydrogen-bond acceptors (Lipinski definition) is 0. The van der Waals surface area contributed by atoms with Crippen LogP contribution in [0.5, 0.6) is 0 Å². The van der Waals surface area contributed by atoms with E-state index in [1.165, 1.54) is 11.1 Å². The molecule has 17 heavy (non-hydrogen) atoms. The van der Waals surface area contributed by atoms with Crippen LogP contribution in [0.3, 0.4) is 0 Å². The highest BCUT2D eigenvalue weighted by molar-refractivity contribution is 5.50. The highest BCUT2D eigenvalue weighted by Crippen LogP contribution is 2.26. The number of hydrogen-bond donors (Lipinski definition) is 0. The number of allylic oxidation sites excluding steroid dienone is 1. The minimum atomic E-state index is 0.246. The summed E-state index contributed by atoms with van der Waals surface area (Å²) in [6.45, 7) is 7.75. The van der Waals surface area contributed by atoms with Crippen molar-refractivity contribution in [1.29, 1.82) is 0 Å². The molecular formula is C17H16. The third kappa shape index (κ3) is 2.54. The lowest BCUT2D eigenvalue weighted by molar-refractivity contribution is 1.03. The second-order valence-electron chi connectivity index (χ2n) is 4.00. The molecule has 1 unspecified atom stereocenters. The highest BCUT2D eigenvalue weighted by Gasteiger charge is 2.09. The van der Waals surface area contributed by atoms with E-state index in [4.69, 9.17) is 0 Å². The molecule has 2 aromatic carbocycles. The predicted molar refractivity (Wildman–Crippen MR) is 75.0 cm³/mol. The monoisotopic (exact) mass is 220 g/mol. The average Bonchev–Trinajstić information content (AvgIpc) is 2.41. The Morgan fingerprint density at radius 1 is 0.824 bits per heavy atom. The summed E-state index contributed by atoms with van der Waals surface area (Å²) in [5, 5.41) is 0. The molecule has 0 aliphatic rings. The molecule has 0 nitrogen and oxygen atoms in total. The minimum Gasteiger partial charge on any atom is -0.102 e. The quantitative estimate of drug-likeness (QED) is 0.658. The topological polar surface area (TPSA) is 0 Å². The van der Waals surface area contributed by atoms with Gasteiger partial charge in [0.05, 0.1) is 0 Å². The fourth-order valence-corrected chi connectivity index (χ4v) is 2.00. The first-order valence-electron chi connectivity index (χ1n) is 5.75. The molecule has 0 heteroatoms. The SMILES string of the molecule is C=Cc1cccc(C(C=C)c2ccccc2)c1. The summed E-state index contributed by atoms with van der Waals surface area (Å²) < 4.78 is 0. The summed E-state index contributed by atoms with van der Waals surface area (Å²) in [5.74, 6) is 0.246. The fourth-order valence-electron chi connectivity index (χ4n) is 2.00. The van der Waals surface area contributed by atoms with Gasteiger partial charge in [-0.05, 0) is 16.7 Å². The van der Waals surface area contributed by atoms with Crippen molar-refractivity contribution in [3.8, 4) is 0 Å². The Bertz CT molecular complexity index is 509. The molecule has 0 radical (unpaired) electrons. The molecule has 0 aliphatic carbocycles. The van der Waals surface area contributed by atoms with Crippen LogP contribution in [0.4, 0.5) is 0 Å². The first-order valence-corrected chi connectivity index (χ1v) is 5.75. The molecule has 0 aliphatic heterocycles. The lowest BCUT2D eigenvalue weighted by Crippen LogP contribution is -1.97. The van der Waals surface area contributed by atoms with Gasteiger partial charge in [-0.3, -0.25) is 0 Å². The van der Waals surface area contributed by atoms with E-state index in [2.05, 4.69) is 61.7 Å². The molecule has 0 N–H and O–H groups in total. The Balaban J connectivity index is 2.42. The Morgan fingerprint density at radius 2 is 1.53 bits per heavy atom. The van der Waals surface area contributed by atoms with Gasteiger partial charge in [0, 0.05) is 5.92 Å². The zero-order valence-corrected chi connectivity index (χ0v) is 9.84. The van der Waals surface area contributed by atoms with Crippen molar-refractivity contribution in [2.45, 2.75) is 5.92 Å². The molecule has 0 amide bonds. The average molecular weight is 220 g/mol. The van der Waals surface area contributed by atoms with E-state index >= 15 is 0 Å². The standard InChI is InChI=1S/C17H16/c1-3-14-9-8-12-16(13-14)17(4-2)15-10-6-5-7-11-15/h3-13,17H,1-2H2. The molecular weight excluding hydrogens is 204 g/mol. The van der Waals surface area contributed by atoms with Crippen LogP contribution in [0.25, 0.3) is 6.08 Å². The summed E-state index contributed by atoms with van der Waals surface area (Å²) in [7, 11) is 0. The van der Waals surface area contributed by atoms with Gasteiger partial charge in [0.15, 0.2) is 0 Å². The van der Waals surface area contributed by atoms with Gasteiger partial charge in [0.2, 0.25) is 0 Å². The van der Waals surface area contributed by atoms with Crippen LogP contribution in [0.2, 0.25) is 0 Å². The summed E-state index contributed by atoms with van der Waals surface area (Å²) in [6.07, 6.45) is 3.85. The van der Waals surface area contributed by atoms with E-state index in [1.807, 2.05) is 18.2 Å². The summed E-state index contributed by atoms with van der Waals surface area (Å²) in [4.78, 5) is 0. The molecule has 0 bridgehead atoms. The van der Waals surface area contributed by atoms with Gasteiger partial charge < -0.3 is 0 Å². The third-order valence-electron chi connectivity index (χ3n) is 2.90. The smallest absolute Gasteiger partial charge is 0.0267 e. The van der Waals surface area contributed by atoms with Crippen molar-refractivity contribution in [1.82, 2.24) is 0 Å². The maximum atomic E-state index is 3.94. The van der Waals surface area contributed by atoms with Crippen molar-refractivity contribution in [3.63, 3.8) is 0 Å². The van der Waals surface area contributed by atoms with E-state index in [9.17, 15) is 0 Å². The van der Waals surface area contributed by atoms with Crippen molar-refractivity contribution in [3.05, 3.63) is 90.5 Å². The van der Waals surface area contributed by atoms with Crippen molar-refractivity contribution >= 4 is 6.08 Å². The van der Waals surface area contributed by atoms with Crippen LogP contribution >= 0.6 is 0 Å². The maximum absolute atomic E-state index is 3.94. The second kappa shape index (κ2) is 5.31. The molecule has 0 saturated heterocycles. The Labute approximate surface area is 103 Å². The van der Waals surface area contributed by atoms with Gasteiger partial charge in [-0.2, -0.15) is 0 Å². The first kappa shape index (κ1) is 11.4. The summed E-state index contributed by atoms with van der Waals surface area (Å²) in [6, 6.07) is 18.8. The van der Waals surface area contributed by atoms with Crippen molar-refractivity contribution in [2.24, 2.45) is 0 Å². The fraction of sp³-hybridized carbons (Fsp3) is 0.0588. The molecule has 0 saturated carbocycles. The molecule has 0 aromatic heterocycles. The van der Waals surface area contributed by atoms with Crippen LogP contribution in [-0.4, -0.2) is 0 Å². The maximum Gasteiger partial charge on any atom is 0.0267 e. The highest BCUT2D eigenvalue weighted by atomic mass is 14.1. The van der Waals surface area contributed by atoms with Crippen LogP contribution in [0, 0.1) is 0 Å². The van der Waals surface area contributed by atoms with E-state index in [-0.39, 0.29) is 5.92 Å². The summed E-state index contributed by atoms with van der Waals surface area (Å²) in [5.41, 5.74) is 3.66. The second-order valence-corrected chi connectivity index (χ2v) is 4.00.